The molecule has 2 saturated heterocycles. The van der Waals surface area contributed by atoms with Gasteiger partial charge in [-0.25, -0.2) is 0 Å². The third kappa shape index (κ3) is 5.12. The van der Waals surface area contributed by atoms with Crippen LogP contribution >= 0.6 is 0 Å². The Hall–Kier alpha value is -2.66. The van der Waals surface area contributed by atoms with Crippen LogP contribution in [0.2, 0.25) is 0 Å². The Morgan fingerprint density at radius 3 is 1.84 bits per heavy atom. The molecule has 8 bridgehead atoms. The van der Waals surface area contributed by atoms with Crippen molar-refractivity contribution < 1.29 is 34.3 Å². The Morgan fingerprint density at radius 2 is 1.22 bits per heavy atom. The molecule has 6 saturated carbocycles. The van der Waals surface area contributed by atoms with Gasteiger partial charge in [0.1, 0.15) is 29.2 Å². The second kappa shape index (κ2) is 13.7. The fourth-order valence-corrected chi connectivity index (χ4v) is 18.7. The van der Waals surface area contributed by atoms with E-state index in [0.717, 1.165) is 82.0 Å². The van der Waals surface area contributed by atoms with Gasteiger partial charge in [0, 0.05) is 78.6 Å². The van der Waals surface area contributed by atoms with Crippen LogP contribution < -0.4 is 9.47 Å². The number of hydrogen-bond acceptors (Lipinski definition) is 9. The molecular weight excluding hydrogens is 849 g/mol. The number of rotatable bonds is 8. The van der Waals surface area contributed by atoms with Gasteiger partial charge < -0.3 is 34.3 Å². The van der Waals surface area contributed by atoms with Gasteiger partial charge in [-0.1, -0.05) is 71.9 Å². The summed E-state index contributed by atoms with van der Waals surface area (Å²) in [5.74, 6) is 3.75. The van der Waals surface area contributed by atoms with Crippen LogP contribution in [0.25, 0.3) is 0 Å². The maximum atomic E-state index is 12.2. The molecule has 10 aliphatic carbocycles. The maximum absolute atomic E-state index is 12.2. The molecule has 4 spiro atoms. The summed E-state index contributed by atoms with van der Waals surface area (Å²) in [5.41, 5.74) is 3.09. The highest BCUT2D eigenvalue weighted by atomic mass is 16.6. The molecule has 370 valence electrons. The Morgan fingerprint density at radius 1 is 0.647 bits per heavy atom. The molecular formula is C59H82N2O7. The number of fused-ring (bicyclic) bond motifs is 3. The summed E-state index contributed by atoms with van der Waals surface area (Å²) in [4.78, 5) is 5.65. The first-order chi connectivity index (χ1) is 32.0. The Balaban J connectivity index is 0.000000134. The lowest BCUT2D eigenvalue weighted by Crippen LogP contribution is -2.83. The van der Waals surface area contributed by atoms with E-state index in [2.05, 4.69) is 95.5 Å². The molecule has 68 heavy (non-hydrogen) atoms. The van der Waals surface area contributed by atoms with Gasteiger partial charge in [-0.3, -0.25) is 9.80 Å². The molecule has 0 aromatic heterocycles. The SMILES string of the molecule is CO[C@]12C=C[C@@]3(C[C@@H]1[C@](C)(O)C(C)(C)C)[C@H]1Cc4ccc(C)c5c4[C@@]3(CCN1CC1CC1)[C@H]2O5.CO[C@]12CC[C@@]3(C[C@@H]1[C@](C)(O)C(C)(C)C)[C@H]1Cc4ccc(O)c5c4[C@@]3(CCN1CC1CC1)[C@H]2O5. The minimum absolute atomic E-state index is 0.0294. The third-order valence-electron chi connectivity index (χ3n) is 23.4. The van der Waals surface area contributed by atoms with E-state index in [9.17, 15) is 15.3 Å². The van der Waals surface area contributed by atoms with Crippen molar-refractivity contribution >= 4 is 0 Å². The summed E-state index contributed by atoms with van der Waals surface area (Å²) in [6.07, 6.45) is 18.4. The number of nitrogens with zero attached hydrogens (tertiary/aromatic N) is 2. The van der Waals surface area contributed by atoms with Crippen molar-refractivity contribution in [2.45, 2.75) is 197 Å². The predicted molar refractivity (Wildman–Crippen MR) is 263 cm³/mol. The van der Waals surface area contributed by atoms with Crippen LogP contribution in [0.4, 0.5) is 0 Å². The number of benzene rings is 2. The average molecular weight is 931 g/mol. The van der Waals surface area contributed by atoms with Crippen LogP contribution in [0.15, 0.2) is 36.4 Å². The standard InChI is InChI=1S/C30H41NO3.C29H41NO4/c1-18-7-10-20-15-22-28-11-12-30(33-6,21(16-28)27(5,32)26(2,3)4)25-29(28,23(20)24(18)34-25)13-14-31(22)17-19-8-9-19;1-25(2,3)26(4,32)20-15-27-10-11-29(20,33-5)24-28(27)12-13-30(16-17-6-7-17)21(27)14-18-8-9-19(31)23(34-24)22(18)28/h7,10-12,19,21-22,25,32H,8-9,13-17H2,1-6H3;8-9,17,20-21,24,31-32H,6-7,10-16H2,1-5H3/t21-,22-,25-,27+,28-,29+,30-;20-,21-,24-,26+,27-,28+,29-/m11/s1. The third-order valence-corrected chi connectivity index (χ3v) is 23.4. The first-order valence-corrected chi connectivity index (χ1v) is 27.1. The van der Waals surface area contributed by atoms with E-state index >= 15 is 0 Å². The molecule has 14 aliphatic rings. The fourth-order valence-electron chi connectivity index (χ4n) is 18.7. The van der Waals surface area contributed by atoms with E-state index in [-0.39, 0.29) is 62.3 Å². The molecule has 4 aliphatic heterocycles. The lowest BCUT2D eigenvalue weighted by molar-refractivity contribution is -0.312. The number of aryl methyl sites for hydroxylation is 1. The molecule has 16 rings (SSSR count). The van der Waals surface area contributed by atoms with E-state index in [4.69, 9.17) is 18.9 Å². The number of piperidine rings is 2. The number of likely N-dealkylation sites (tertiary alicyclic amines) is 2. The van der Waals surface area contributed by atoms with Gasteiger partial charge in [-0.2, -0.15) is 0 Å². The minimum Gasteiger partial charge on any atom is -0.504 e. The largest absolute Gasteiger partial charge is 0.504 e. The van der Waals surface area contributed by atoms with E-state index < -0.39 is 22.4 Å². The second-order valence-corrected chi connectivity index (χ2v) is 27.5. The second-order valence-electron chi connectivity index (χ2n) is 27.5. The van der Waals surface area contributed by atoms with Crippen molar-refractivity contribution in [2.24, 2.45) is 45.3 Å². The van der Waals surface area contributed by atoms with Gasteiger partial charge >= 0.3 is 0 Å². The van der Waals surface area contributed by atoms with Crippen LogP contribution in [0.3, 0.4) is 0 Å². The van der Waals surface area contributed by atoms with Crippen LogP contribution in [-0.4, -0.2) is 112 Å². The van der Waals surface area contributed by atoms with Gasteiger partial charge in [0.2, 0.25) is 0 Å². The highest BCUT2D eigenvalue weighted by Crippen LogP contribution is 2.79. The van der Waals surface area contributed by atoms with E-state index in [1.54, 1.807) is 0 Å². The Labute approximate surface area is 406 Å². The van der Waals surface area contributed by atoms with Gasteiger partial charge in [-0.15, -0.1) is 0 Å². The highest BCUT2D eigenvalue weighted by Gasteiger charge is 2.83. The van der Waals surface area contributed by atoms with Gasteiger partial charge in [0.15, 0.2) is 11.5 Å². The van der Waals surface area contributed by atoms with Gasteiger partial charge in [0.25, 0.3) is 0 Å². The van der Waals surface area contributed by atoms with Crippen LogP contribution in [-0.2, 0) is 33.1 Å². The van der Waals surface area contributed by atoms with Gasteiger partial charge in [-0.05, 0) is 156 Å². The number of hydrogen-bond donors (Lipinski definition) is 3. The smallest absolute Gasteiger partial charge is 0.165 e. The van der Waals surface area contributed by atoms with Gasteiger partial charge in [0.05, 0.1) is 16.6 Å². The number of phenolic OH excluding ortho intramolecular Hbond substituents is 1. The van der Waals surface area contributed by atoms with Crippen molar-refractivity contribution in [1.82, 2.24) is 9.80 Å². The summed E-state index contributed by atoms with van der Waals surface area (Å²) in [6, 6.07) is 9.57. The van der Waals surface area contributed by atoms with Crippen LogP contribution in [0.1, 0.15) is 147 Å². The fraction of sp³-hybridized carbons (Fsp3) is 0.763. The quantitative estimate of drug-likeness (QED) is 0.224. The van der Waals surface area contributed by atoms with E-state index in [0.29, 0.717) is 17.8 Å². The number of aliphatic hydroxyl groups is 2. The normalized spacial score (nSPS) is 43.7. The Bertz CT molecular complexity index is 2480. The zero-order valence-electron chi connectivity index (χ0n) is 43.3. The van der Waals surface area contributed by atoms with Crippen LogP contribution in [0.5, 0.6) is 17.2 Å². The zero-order valence-corrected chi connectivity index (χ0v) is 43.3. The molecule has 4 heterocycles. The number of phenols is 1. The molecule has 0 amide bonds. The van der Waals surface area contributed by atoms with E-state index in [1.807, 2.05) is 27.2 Å². The first-order valence-electron chi connectivity index (χ1n) is 27.1. The molecule has 9 nitrogen and oxygen atoms in total. The van der Waals surface area contributed by atoms with Crippen molar-refractivity contribution in [2.75, 3.05) is 40.4 Å². The van der Waals surface area contributed by atoms with Crippen molar-refractivity contribution in [3.8, 4) is 17.2 Å². The molecule has 2 aromatic carbocycles. The van der Waals surface area contributed by atoms with Crippen LogP contribution in [0, 0.1) is 52.3 Å². The zero-order chi connectivity index (χ0) is 47.8. The first kappa shape index (κ1) is 45.2. The topological polar surface area (TPSA) is 104 Å². The molecule has 2 aromatic rings. The maximum Gasteiger partial charge on any atom is 0.165 e. The lowest BCUT2D eigenvalue weighted by atomic mass is 9.33. The van der Waals surface area contributed by atoms with E-state index in [1.165, 1.54) is 66.6 Å². The number of methoxy groups -OCH3 is 2. The molecule has 0 unspecified atom stereocenters. The summed E-state index contributed by atoms with van der Waals surface area (Å²) >= 11 is 0. The number of ether oxygens (including phenoxy) is 4. The van der Waals surface area contributed by atoms with Crippen molar-refractivity contribution in [3.05, 3.63) is 64.2 Å². The molecule has 14 atom stereocenters. The highest BCUT2D eigenvalue weighted by molar-refractivity contribution is 5.65. The molecule has 8 fully saturated rings. The Kier molecular flexibility index (Phi) is 9.10. The average Bonchev–Trinajstić information content (AvgIpc) is 4.23. The lowest BCUT2D eigenvalue weighted by Gasteiger charge is -2.75. The summed E-state index contributed by atoms with van der Waals surface area (Å²) in [7, 11) is 3.67. The molecule has 0 radical (unpaired) electrons. The monoisotopic (exact) mass is 931 g/mol. The minimum atomic E-state index is -0.909. The molecule has 3 N–H and O–H groups in total. The summed E-state index contributed by atoms with van der Waals surface area (Å²) in [5, 5.41) is 35.4. The van der Waals surface area contributed by atoms with Crippen molar-refractivity contribution in [3.63, 3.8) is 0 Å². The molecule has 9 heteroatoms. The predicted octanol–water partition coefficient (Wildman–Crippen LogP) is 9.21. The van der Waals surface area contributed by atoms with Crippen molar-refractivity contribution in [1.29, 1.82) is 0 Å². The summed E-state index contributed by atoms with van der Waals surface area (Å²) in [6.45, 7) is 23.9. The summed E-state index contributed by atoms with van der Waals surface area (Å²) < 4.78 is 27.1. The number of aromatic hydroxyl groups is 1.